The van der Waals surface area contributed by atoms with E-state index in [1.165, 1.54) is 42.5 Å². The van der Waals surface area contributed by atoms with Crippen LogP contribution in [0.5, 0.6) is 0 Å². The second-order valence-corrected chi connectivity index (χ2v) is 6.99. The molecule has 8 nitrogen and oxygen atoms in total. The van der Waals surface area contributed by atoms with Crippen molar-refractivity contribution in [1.82, 2.24) is 0 Å². The molecule has 0 unspecified atom stereocenters. The maximum Gasteiger partial charge on any atom is 0.338 e. The van der Waals surface area contributed by atoms with E-state index in [-0.39, 0.29) is 29.0 Å². The van der Waals surface area contributed by atoms with E-state index in [0.717, 1.165) is 10.5 Å². The van der Waals surface area contributed by atoms with Gasteiger partial charge in [0.2, 0.25) is 0 Å². The van der Waals surface area contributed by atoms with Gasteiger partial charge in [-0.05, 0) is 54.4 Å². The molecule has 2 amide bonds. The fraction of sp³-hybridized carbons (Fsp3) is 0.0870. The summed E-state index contributed by atoms with van der Waals surface area (Å²) >= 11 is 0. The molecule has 0 aliphatic carbocycles. The van der Waals surface area contributed by atoms with Gasteiger partial charge in [0.15, 0.2) is 0 Å². The monoisotopic (exact) mass is 416 g/mol. The first-order chi connectivity index (χ1) is 14.9. The summed E-state index contributed by atoms with van der Waals surface area (Å²) in [7, 11) is 0. The predicted octanol–water partition coefficient (Wildman–Crippen LogP) is 4.06. The van der Waals surface area contributed by atoms with Crippen molar-refractivity contribution in [2.45, 2.75) is 13.5 Å². The van der Waals surface area contributed by atoms with E-state index < -0.39 is 22.7 Å². The Bertz CT molecular complexity index is 1230. The zero-order chi connectivity index (χ0) is 22.1. The summed E-state index contributed by atoms with van der Waals surface area (Å²) in [5, 5.41) is 10.7. The summed E-state index contributed by atoms with van der Waals surface area (Å²) in [5.41, 5.74) is 2.29. The number of rotatable bonds is 5. The van der Waals surface area contributed by atoms with E-state index in [2.05, 4.69) is 0 Å². The first-order valence-corrected chi connectivity index (χ1v) is 9.36. The van der Waals surface area contributed by atoms with Crippen LogP contribution in [0.4, 0.5) is 11.4 Å². The second-order valence-electron chi connectivity index (χ2n) is 6.99. The molecule has 1 aliphatic rings. The van der Waals surface area contributed by atoms with E-state index in [9.17, 15) is 24.5 Å². The van der Waals surface area contributed by atoms with Crippen molar-refractivity contribution in [2.75, 3.05) is 4.90 Å². The molecular weight excluding hydrogens is 400 g/mol. The Kier molecular flexibility index (Phi) is 5.04. The number of imide groups is 1. The van der Waals surface area contributed by atoms with Crippen LogP contribution in [0.1, 0.15) is 42.2 Å². The highest BCUT2D eigenvalue weighted by Gasteiger charge is 2.37. The first-order valence-electron chi connectivity index (χ1n) is 9.36. The lowest BCUT2D eigenvalue weighted by molar-refractivity contribution is -0.384. The number of nitro benzene ring substituents is 1. The van der Waals surface area contributed by atoms with Gasteiger partial charge in [0.05, 0.1) is 27.3 Å². The lowest BCUT2D eigenvalue weighted by Crippen LogP contribution is -2.29. The maximum absolute atomic E-state index is 12.9. The van der Waals surface area contributed by atoms with E-state index in [1.807, 2.05) is 6.07 Å². The van der Waals surface area contributed by atoms with Crippen LogP contribution in [0, 0.1) is 17.0 Å². The topological polar surface area (TPSA) is 107 Å². The first kappa shape index (κ1) is 20.0. The van der Waals surface area contributed by atoms with E-state index >= 15 is 0 Å². The Balaban J connectivity index is 1.52. The summed E-state index contributed by atoms with van der Waals surface area (Å²) in [4.78, 5) is 49.4. The molecule has 0 saturated heterocycles. The highest BCUT2D eigenvalue weighted by molar-refractivity contribution is 6.34. The Hall–Kier alpha value is -4.33. The van der Waals surface area contributed by atoms with Gasteiger partial charge in [-0.2, -0.15) is 0 Å². The van der Waals surface area contributed by atoms with Gasteiger partial charge in [-0.15, -0.1) is 0 Å². The van der Waals surface area contributed by atoms with Crippen molar-refractivity contribution >= 4 is 29.2 Å². The van der Waals surface area contributed by atoms with Gasteiger partial charge in [-0.3, -0.25) is 19.7 Å². The zero-order valence-electron chi connectivity index (χ0n) is 16.4. The molecular formula is C23H16N2O6. The van der Waals surface area contributed by atoms with Crippen LogP contribution in [-0.4, -0.2) is 22.7 Å². The zero-order valence-corrected chi connectivity index (χ0v) is 16.4. The molecule has 1 aliphatic heterocycles. The third kappa shape index (κ3) is 3.66. The normalized spacial score (nSPS) is 12.6. The lowest BCUT2D eigenvalue weighted by atomic mass is 10.1. The quantitative estimate of drug-likeness (QED) is 0.269. The fourth-order valence-corrected chi connectivity index (χ4v) is 3.35. The molecule has 31 heavy (non-hydrogen) atoms. The molecule has 3 aromatic carbocycles. The molecule has 0 saturated carbocycles. The minimum absolute atomic E-state index is 0.0601. The fourth-order valence-electron chi connectivity index (χ4n) is 3.35. The van der Waals surface area contributed by atoms with E-state index in [1.54, 1.807) is 25.1 Å². The number of amides is 2. The van der Waals surface area contributed by atoms with Crippen molar-refractivity contribution in [3.63, 3.8) is 0 Å². The number of non-ortho nitro benzene ring substituents is 1. The van der Waals surface area contributed by atoms with Crippen molar-refractivity contribution in [3.8, 4) is 0 Å². The number of carbonyl (C=O) groups excluding carboxylic acids is 3. The van der Waals surface area contributed by atoms with Gasteiger partial charge in [0, 0.05) is 12.1 Å². The van der Waals surface area contributed by atoms with Gasteiger partial charge in [-0.25, -0.2) is 9.69 Å². The van der Waals surface area contributed by atoms with Gasteiger partial charge in [-0.1, -0.05) is 18.2 Å². The van der Waals surface area contributed by atoms with Crippen molar-refractivity contribution in [2.24, 2.45) is 0 Å². The Labute approximate surface area is 176 Å². The van der Waals surface area contributed by atoms with Gasteiger partial charge >= 0.3 is 5.97 Å². The number of aryl methyl sites for hydroxylation is 1. The summed E-state index contributed by atoms with van der Waals surface area (Å²) in [6.45, 7) is 1.72. The molecule has 0 bridgehead atoms. The second kappa shape index (κ2) is 7.83. The van der Waals surface area contributed by atoms with Gasteiger partial charge in [0.1, 0.15) is 6.61 Å². The molecule has 0 N–H and O–H groups in total. The van der Waals surface area contributed by atoms with Crippen LogP contribution in [0.15, 0.2) is 66.7 Å². The van der Waals surface area contributed by atoms with Crippen molar-refractivity contribution < 1.29 is 24.0 Å². The Morgan fingerprint density at radius 3 is 2.32 bits per heavy atom. The number of para-hydroxylation sites is 1. The SMILES string of the molecule is Cc1ccccc1N1C(=O)c2ccc(C(=O)OCc3ccc([N+](=O)[O-])cc3)cc2C1=O. The van der Waals surface area contributed by atoms with Crippen LogP contribution in [0.25, 0.3) is 0 Å². The summed E-state index contributed by atoms with van der Waals surface area (Å²) in [5.74, 6) is -1.62. The number of fused-ring (bicyclic) bond motifs is 1. The number of carbonyl (C=O) groups is 3. The predicted molar refractivity (Wildman–Crippen MR) is 111 cm³/mol. The van der Waals surface area contributed by atoms with Gasteiger partial charge in [0.25, 0.3) is 17.5 Å². The highest BCUT2D eigenvalue weighted by Crippen LogP contribution is 2.31. The largest absolute Gasteiger partial charge is 0.457 e. The molecule has 4 rings (SSSR count). The summed E-state index contributed by atoms with van der Waals surface area (Å²) in [6.07, 6.45) is 0. The maximum atomic E-state index is 12.9. The number of nitro groups is 1. The number of anilines is 1. The molecule has 3 aromatic rings. The average Bonchev–Trinajstić information content (AvgIpc) is 3.02. The number of ether oxygens (including phenoxy) is 1. The van der Waals surface area contributed by atoms with Crippen LogP contribution in [0.2, 0.25) is 0 Å². The number of nitrogens with zero attached hydrogens (tertiary/aromatic N) is 2. The number of esters is 1. The lowest BCUT2D eigenvalue weighted by Gasteiger charge is -2.16. The van der Waals surface area contributed by atoms with E-state index in [4.69, 9.17) is 4.74 Å². The number of hydrogen-bond donors (Lipinski definition) is 0. The third-order valence-electron chi connectivity index (χ3n) is 5.00. The molecule has 0 fully saturated rings. The molecule has 0 atom stereocenters. The Morgan fingerprint density at radius 1 is 0.968 bits per heavy atom. The number of benzene rings is 3. The number of hydrogen-bond acceptors (Lipinski definition) is 6. The molecule has 0 spiro atoms. The van der Waals surface area contributed by atoms with Crippen LogP contribution in [-0.2, 0) is 11.3 Å². The molecule has 8 heteroatoms. The van der Waals surface area contributed by atoms with Gasteiger partial charge < -0.3 is 4.74 Å². The average molecular weight is 416 g/mol. The summed E-state index contributed by atoms with van der Waals surface area (Å²) in [6, 6.07) is 16.9. The highest BCUT2D eigenvalue weighted by atomic mass is 16.6. The smallest absolute Gasteiger partial charge is 0.338 e. The van der Waals surface area contributed by atoms with Crippen LogP contribution >= 0.6 is 0 Å². The standard InChI is InChI=1S/C23H16N2O6/c1-14-4-2-3-5-20(14)24-21(26)18-11-8-16(12-19(18)22(24)27)23(28)31-13-15-6-9-17(10-7-15)25(29)30/h2-12H,13H2,1H3. The van der Waals surface area contributed by atoms with Crippen molar-refractivity contribution in [1.29, 1.82) is 0 Å². The third-order valence-corrected chi connectivity index (χ3v) is 5.00. The minimum atomic E-state index is -0.671. The Morgan fingerprint density at radius 2 is 1.65 bits per heavy atom. The van der Waals surface area contributed by atoms with Crippen LogP contribution in [0.3, 0.4) is 0 Å². The molecule has 0 radical (unpaired) electrons. The van der Waals surface area contributed by atoms with E-state index in [0.29, 0.717) is 11.3 Å². The van der Waals surface area contributed by atoms with Crippen LogP contribution < -0.4 is 4.90 Å². The molecule has 1 heterocycles. The molecule has 0 aromatic heterocycles. The minimum Gasteiger partial charge on any atom is -0.457 e. The molecule has 154 valence electrons. The summed E-state index contributed by atoms with van der Waals surface area (Å²) < 4.78 is 5.25. The van der Waals surface area contributed by atoms with Crippen molar-refractivity contribution in [3.05, 3.63) is 105 Å².